The highest BCUT2D eigenvalue weighted by molar-refractivity contribution is 6.39. The summed E-state index contributed by atoms with van der Waals surface area (Å²) in [4.78, 5) is 12.0. The molecule has 116 valence electrons. The van der Waals surface area contributed by atoms with Crippen molar-refractivity contribution in [3.8, 4) is 11.8 Å². The molecule has 0 saturated heterocycles. The minimum absolute atomic E-state index is 0.0324. The van der Waals surface area contributed by atoms with Gasteiger partial charge in [-0.25, -0.2) is 9.42 Å². The van der Waals surface area contributed by atoms with Gasteiger partial charge in [-0.05, 0) is 16.4 Å². The molecule has 2 aromatic heterocycles. The molecule has 0 spiro atoms. The van der Waals surface area contributed by atoms with Gasteiger partial charge in [0.25, 0.3) is 0 Å². The molecule has 0 fully saturated rings. The first kappa shape index (κ1) is 15.1. The second-order valence-corrected chi connectivity index (χ2v) is 5.24. The van der Waals surface area contributed by atoms with Crippen LogP contribution in [0.3, 0.4) is 0 Å². The number of benzene rings is 1. The lowest BCUT2D eigenvalue weighted by Crippen LogP contribution is -2.11. The second-order valence-electron chi connectivity index (χ2n) is 4.43. The number of nitriles is 1. The lowest BCUT2D eigenvalue weighted by atomic mass is 10.2. The topological polar surface area (TPSA) is 120 Å². The number of rotatable bonds is 2. The van der Waals surface area contributed by atoms with Gasteiger partial charge in [0.1, 0.15) is 6.07 Å². The summed E-state index contributed by atoms with van der Waals surface area (Å²) in [6.07, 6.45) is 1.35. The third-order valence-corrected chi connectivity index (χ3v) is 3.78. The van der Waals surface area contributed by atoms with Crippen molar-refractivity contribution in [3.05, 3.63) is 33.6 Å². The highest BCUT2D eigenvalue weighted by Crippen LogP contribution is 2.36. The van der Waals surface area contributed by atoms with E-state index >= 15 is 0 Å². The van der Waals surface area contributed by atoms with E-state index < -0.39 is 5.97 Å². The summed E-state index contributed by atoms with van der Waals surface area (Å²) in [5.74, 6) is -0.736. The number of anilines is 1. The van der Waals surface area contributed by atoms with Crippen molar-refractivity contribution in [3.63, 3.8) is 0 Å². The molecule has 10 heteroatoms. The summed E-state index contributed by atoms with van der Waals surface area (Å²) in [5, 5.41) is 17.0. The van der Waals surface area contributed by atoms with Gasteiger partial charge in [-0.2, -0.15) is 5.26 Å². The molecule has 0 saturated carbocycles. The Hall–Kier alpha value is -2.76. The molecule has 3 rings (SSSR count). The first-order chi connectivity index (χ1) is 11.0. The van der Waals surface area contributed by atoms with Gasteiger partial charge in [0.15, 0.2) is 16.7 Å². The highest BCUT2D eigenvalue weighted by atomic mass is 35.5. The fraction of sp³-hybridized carbons (Fsp3) is 0.0769. The lowest BCUT2D eigenvalue weighted by Gasteiger charge is -2.10. The number of hydrogen-bond acceptors (Lipinski definition) is 7. The monoisotopic (exact) mass is 351 g/mol. The Balaban J connectivity index is 2.43. The molecule has 23 heavy (non-hydrogen) atoms. The molecule has 0 amide bonds. The van der Waals surface area contributed by atoms with E-state index in [0.717, 1.165) is 0 Å². The molecular weight excluding hydrogens is 345 g/mol. The van der Waals surface area contributed by atoms with E-state index in [0.29, 0.717) is 0 Å². The summed E-state index contributed by atoms with van der Waals surface area (Å²) >= 11 is 12.3. The predicted molar refractivity (Wildman–Crippen MR) is 81.6 cm³/mol. The summed E-state index contributed by atoms with van der Waals surface area (Å²) in [6, 6.07) is 3.32. The SMILES string of the molecule is COC(=O)c1c(N)c(C#N)cn1-c1c(Cl)cc(Cl)c2nonc12. The predicted octanol–water partition coefficient (Wildman–Crippen LogP) is 2.56. The average Bonchev–Trinajstić information content (AvgIpc) is 3.12. The molecule has 2 heterocycles. The Kier molecular flexibility index (Phi) is 3.60. The van der Waals surface area contributed by atoms with Crippen molar-refractivity contribution in [2.75, 3.05) is 12.8 Å². The van der Waals surface area contributed by atoms with Crippen LogP contribution in [0.4, 0.5) is 5.69 Å². The number of hydrogen-bond donors (Lipinski definition) is 1. The Morgan fingerprint density at radius 3 is 2.74 bits per heavy atom. The van der Waals surface area contributed by atoms with E-state index in [-0.39, 0.29) is 43.7 Å². The normalized spacial score (nSPS) is 10.7. The average molecular weight is 352 g/mol. The summed E-state index contributed by atoms with van der Waals surface area (Å²) < 4.78 is 10.7. The van der Waals surface area contributed by atoms with Crippen LogP contribution >= 0.6 is 23.2 Å². The number of ether oxygens (including phenoxy) is 1. The summed E-state index contributed by atoms with van der Waals surface area (Å²) in [5.41, 5.74) is 6.57. The zero-order chi connectivity index (χ0) is 16.7. The van der Waals surface area contributed by atoms with Crippen LogP contribution in [0.5, 0.6) is 0 Å². The van der Waals surface area contributed by atoms with E-state index in [4.69, 9.17) is 38.9 Å². The molecule has 0 aliphatic heterocycles. The zero-order valence-electron chi connectivity index (χ0n) is 11.5. The first-order valence-electron chi connectivity index (χ1n) is 6.09. The largest absolute Gasteiger partial charge is 0.464 e. The number of carbonyl (C=O) groups is 1. The van der Waals surface area contributed by atoms with E-state index in [1.54, 1.807) is 0 Å². The van der Waals surface area contributed by atoms with Crippen molar-refractivity contribution in [2.45, 2.75) is 0 Å². The van der Waals surface area contributed by atoms with Crippen LogP contribution in [0, 0.1) is 11.3 Å². The van der Waals surface area contributed by atoms with Crippen LogP contribution in [-0.2, 0) is 4.74 Å². The Bertz CT molecular complexity index is 986. The van der Waals surface area contributed by atoms with E-state index in [2.05, 4.69) is 14.9 Å². The van der Waals surface area contributed by atoms with Gasteiger partial charge in [-0.1, -0.05) is 23.2 Å². The van der Waals surface area contributed by atoms with Crippen LogP contribution in [0.2, 0.25) is 10.0 Å². The van der Waals surface area contributed by atoms with Gasteiger partial charge in [-0.15, -0.1) is 0 Å². The first-order valence-corrected chi connectivity index (χ1v) is 6.85. The minimum atomic E-state index is -0.736. The lowest BCUT2D eigenvalue weighted by molar-refractivity contribution is 0.0593. The van der Waals surface area contributed by atoms with Crippen molar-refractivity contribution >= 4 is 45.9 Å². The molecule has 2 N–H and O–H groups in total. The molecule has 0 radical (unpaired) electrons. The van der Waals surface area contributed by atoms with Gasteiger partial charge in [0.05, 0.1) is 34.1 Å². The summed E-state index contributed by atoms with van der Waals surface area (Å²) in [7, 11) is 1.20. The van der Waals surface area contributed by atoms with E-state index in [1.165, 1.54) is 23.9 Å². The Morgan fingerprint density at radius 1 is 1.39 bits per heavy atom. The number of nitrogens with zero attached hydrogens (tertiary/aromatic N) is 4. The standard InChI is InChI=1S/C13H7Cl2N5O3/c1-22-13(21)12-8(17)5(3-16)4-20(12)11-7(15)2-6(14)9-10(11)19-23-18-9/h2,4H,17H2,1H3. The van der Waals surface area contributed by atoms with Crippen LogP contribution in [0.1, 0.15) is 16.1 Å². The maximum Gasteiger partial charge on any atom is 0.357 e. The van der Waals surface area contributed by atoms with Crippen molar-refractivity contribution in [1.82, 2.24) is 14.9 Å². The van der Waals surface area contributed by atoms with E-state index in [1.807, 2.05) is 6.07 Å². The van der Waals surface area contributed by atoms with Crippen molar-refractivity contribution < 1.29 is 14.2 Å². The second kappa shape index (κ2) is 5.46. The van der Waals surface area contributed by atoms with Crippen LogP contribution in [-0.4, -0.2) is 28.0 Å². The molecule has 0 atom stereocenters. The van der Waals surface area contributed by atoms with Gasteiger partial charge in [0, 0.05) is 6.20 Å². The van der Waals surface area contributed by atoms with Crippen LogP contribution < -0.4 is 5.73 Å². The number of aromatic nitrogens is 3. The minimum Gasteiger partial charge on any atom is -0.464 e. The Morgan fingerprint density at radius 2 is 2.09 bits per heavy atom. The molecular formula is C13H7Cl2N5O3. The third-order valence-electron chi connectivity index (χ3n) is 3.20. The number of methoxy groups -OCH3 is 1. The molecule has 0 bridgehead atoms. The molecule has 8 nitrogen and oxygen atoms in total. The van der Waals surface area contributed by atoms with Crippen molar-refractivity contribution in [2.24, 2.45) is 0 Å². The molecule has 0 aliphatic carbocycles. The molecule has 1 aromatic carbocycles. The number of nitrogens with two attached hydrogens (primary N) is 1. The molecule has 0 aliphatic rings. The fourth-order valence-corrected chi connectivity index (χ4v) is 2.76. The van der Waals surface area contributed by atoms with Crippen molar-refractivity contribution in [1.29, 1.82) is 5.26 Å². The molecule has 3 aromatic rings. The molecule has 0 unspecified atom stereocenters. The number of esters is 1. The van der Waals surface area contributed by atoms with Gasteiger partial charge >= 0.3 is 5.97 Å². The zero-order valence-corrected chi connectivity index (χ0v) is 13.0. The summed E-state index contributed by atoms with van der Waals surface area (Å²) in [6.45, 7) is 0. The van der Waals surface area contributed by atoms with Gasteiger partial charge in [0.2, 0.25) is 0 Å². The van der Waals surface area contributed by atoms with E-state index in [9.17, 15) is 4.79 Å². The number of carbonyl (C=O) groups excluding carboxylic acids is 1. The number of fused-ring (bicyclic) bond motifs is 1. The quantitative estimate of drug-likeness (QED) is 0.704. The smallest absolute Gasteiger partial charge is 0.357 e. The maximum atomic E-state index is 12.0. The van der Waals surface area contributed by atoms with Gasteiger partial charge in [-0.3, -0.25) is 0 Å². The Labute approximate surface area is 138 Å². The van der Waals surface area contributed by atoms with Gasteiger partial charge < -0.3 is 15.0 Å². The van der Waals surface area contributed by atoms with Crippen LogP contribution in [0.25, 0.3) is 16.7 Å². The third kappa shape index (κ3) is 2.18. The number of nitrogen functional groups attached to an aromatic ring is 1. The number of halogens is 2. The highest BCUT2D eigenvalue weighted by Gasteiger charge is 2.26. The fourth-order valence-electron chi connectivity index (χ4n) is 2.18. The maximum absolute atomic E-state index is 12.0. The van der Waals surface area contributed by atoms with Crippen LogP contribution in [0.15, 0.2) is 16.9 Å².